The Labute approximate surface area is 129 Å². The van der Waals surface area contributed by atoms with Crippen LogP contribution in [0.15, 0.2) is 29.3 Å². The van der Waals surface area contributed by atoms with Crippen molar-refractivity contribution in [3.63, 3.8) is 0 Å². The van der Waals surface area contributed by atoms with Crippen LogP contribution in [-0.2, 0) is 6.54 Å². The molecule has 0 aliphatic carbocycles. The van der Waals surface area contributed by atoms with Crippen LogP contribution >= 0.6 is 24.0 Å². The summed E-state index contributed by atoms with van der Waals surface area (Å²) in [5.41, 5.74) is 6.81. The fourth-order valence-corrected chi connectivity index (χ4v) is 1.54. The lowest BCUT2D eigenvalue weighted by molar-refractivity contribution is -0.384. The Balaban J connectivity index is 0.00000324. The number of nitrogens with two attached hydrogens (primary N) is 1. The average molecular weight is 378 g/mol. The number of nitro groups is 1. The fraction of sp³-hybridized carbons (Fsp3) is 0.417. The van der Waals surface area contributed by atoms with Crippen LogP contribution in [0.5, 0.6) is 0 Å². The Morgan fingerprint density at radius 2 is 1.84 bits per heavy atom. The van der Waals surface area contributed by atoms with Crippen molar-refractivity contribution < 1.29 is 4.92 Å². The van der Waals surface area contributed by atoms with E-state index in [1.54, 1.807) is 12.1 Å². The molecule has 0 aromatic heterocycles. The molecule has 0 bridgehead atoms. The maximum atomic E-state index is 10.5. The Bertz CT molecular complexity index is 430. The van der Waals surface area contributed by atoms with Crippen LogP contribution in [-0.4, -0.2) is 28.9 Å². The zero-order valence-electron chi connectivity index (χ0n) is 11.1. The minimum atomic E-state index is -0.419. The molecule has 6 nitrogen and oxygen atoms in total. The fourth-order valence-electron chi connectivity index (χ4n) is 1.54. The summed E-state index contributed by atoms with van der Waals surface area (Å²) in [6.45, 7) is 6.08. The number of benzene rings is 1. The van der Waals surface area contributed by atoms with Crippen molar-refractivity contribution in [3.05, 3.63) is 39.9 Å². The molecule has 0 saturated heterocycles. The summed E-state index contributed by atoms with van der Waals surface area (Å²) in [4.78, 5) is 16.3. The van der Waals surface area contributed by atoms with Gasteiger partial charge >= 0.3 is 0 Å². The van der Waals surface area contributed by atoms with Crippen LogP contribution < -0.4 is 5.73 Å². The third kappa shape index (κ3) is 5.41. The van der Waals surface area contributed by atoms with Crippen molar-refractivity contribution in [2.45, 2.75) is 20.4 Å². The van der Waals surface area contributed by atoms with Gasteiger partial charge in [0.15, 0.2) is 5.96 Å². The van der Waals surface area contributed by atoms with Crippen LogP contribution in [0.3, 0.4) is 0 Å². The summed E-state index contributed by atoms with van der Waals surface area (Å²) in [5.74, 6) is 0.498. The third-order valence-electron chi connectivity index (χ3n) is 2.66. The molecule has 0 fully saturated rings. The van der Waals surface area contributed by atoms with Gasteiger partial charge in [0.05, 0.1) is 11.5 Å². The van der Waals surface area contributed by atoms with Gasteiger partial charge in [-0.3, -0.25) is 10.1 Å². The van der Waals surface area contributed by atoms with Crippen LogP contribution in [0.2, 0.25) is 0 Å². The molecule has 7 heteroatoms. The normalized spacial score (nSPS) is 10.7. The second-order valence-electron chi connectivity index (χ2n) is 3.77. The molecule has 0 amide bonds. The van der Waals surface area contributed by atoms with E-state index in [1.807, 2.05) is 18.7 Å². The van der Waals surface area contributed by atoms with Crippen LogP contribution in [0, 0.1) is 10.1 Å². The lowest BCUT2D eigenvalue weighted by Gasteiger charge is -2.19. The van der Waals surface area contributed by atoms with Crippen LogP contribution in [0.4, 0.5) is 5.69 Å². The van der Waals surface area contributed by atoms with E-state index in [4.69, 9.17) is 5.73 Å². The summed E-state index contributed by atoms with van der Waals surface area (Å²) in [5, 5.41) is 10.5. The van der Waals surface area contributed by atoms with Gasteiger partial charge in [-0.15, -0.1) is 24.0 Å². The van der Waals surface area contributed by atoms with Gasteiger partial charge < -0.3 is 10.6 Å². The van der Waals surface area contributed by atoms with Crippen molar-refractivity contribution in [2.24, 2.45) is 10.7 Å². The first kappa shape index (κ1) is 17.6. The summed E-state index contributed by atoms with van der Waals surface area (Å²) in [6, 6.07) is 6.32. The predicted octanol–water partition coefficient (Wildman–Crippen LogP) is 2.37. The molecule has 0 aliphatic heterocycles. The SMILES string of the molecule is CCN(CC)C(N)=NCc1ccc([N+](=O)[O-])cc1.I. The third-order valence-corrected chi connectivity index (χ3v) is 2.66. The van der Waals surface area contributed by atoms with Gasteiger partial charge in [-0.1, -0.05) is 12.1 Å². The summed E-state index contributed by atoms with van der Waals surface area (Å²) < 4.78 is 0. The number of non-ortho nitro benzene ring substituents is 1. The van der Waals surface area contributed by atoms with Gasteiger partial charge in [-0.2, -0.15) is 0 Å². The zero-order valence-corrected chi connectivity index (χ0v) is 13.4. The van der Waals surface area contributed by atoms with Crippen molar-refractivity contribution in [1.29, 1.82) is 0 Å². The van der Waals surface area contributed by atoms with E-state index in [9.17, 15) is 10.1 Å². The Kier molecular flexibility index (Phi) is 8.05. The number of nitro benzene ring substituents is 1. The van der Waals surface area contributed by atoms with Crippen LogP contribution in [0.1, 0.15) is 19.4 Å². The predicted molar refractivity (Wildman–Crippen MR) is 86.8 cm³/mol. The van der Waals surface area contributed by atoms with E-state index in [0.717, 1.165) is 18.7 Å². The van der Waals surface area contributed by atoms with Crippen LogP contribution in [0.25, 0.3) is 0 Å². The summed E-state index contributed by atoms with van der Waals surface area (Å²) in [7, 11) is 0. The second kappa shape index (κ2) is 8.68. The van der Waals surface area contributed by atoms with Crippen molar-refractivity contribution >= 4 is 35.6 Å². The van der Waals surface area contributed by atoms with Gasteiger partial charge in [0, 0.05) is 25.2 Å². The first-order valence-corrected chi connectivity index (χ1v) is 5.86. The molecule has 0 unspecified atom stereocenters. The van der Waals surface area contributed by atoms with E-state index >= 15 is 0 Å². The Morgan fingerprint density at radius 3 is 2.26 bits per heavy atom. The molecular formula is C12H19IN4O2. The Hall–Kier alpha value is -1.38. The average Bonchev–Trinajstić information content (AvgIpc) is 2.38. The quantitative estimate of drug-likeness (QED) is 0.280. The van der Waals surface area contributed by atoms with Gasteiger partial charge in [0.2, 0.25) is 0 Å². The molecule has 0 aliphatic rings. The molecule has 0 saturated carbocycles. The molecule has 106 valence electrons. The van der Waals surface area contributed by atoms with E-state index < -0.39 is 4.92 Å². The number of aliphatic imine (C=N–C) groups is 1. The highest BCUT2D eigenvalue weighted by atomic mass is 127. The summed E-state index contributed by atoms with van der Waals surface area (Å²) in [6.07, 6.45) is 0. The van der Waals surface area contributed by atoms with E-state index in [1.165, 1.54) is 12.1 Å². The van der Waals surface area contributed by atoms with Crippen molar-refractivity contribution in [3.8, 4) is 0 Å². The largest absolute Gasteiger partial charge is 0.370 e. The molecule has 0 heterocycles. The molecule has 1 rings (SSSR count). The lowest BCUT2D eigenvalue weighted by Crippen LogP contribution is -2.37. The van der Waals surface area contributed by atoms with E-state index in [-0.39, 0.29) is 29.7 Å². The number of guanidine groups is 1. The van der Waals surface area contributed by atoms with Crippen molar-refractivity contribution in [1.82, 2.24) is 4.90 Å². The molecule has 1 aromatic rings. The molecule has 2 N–H and O–H groups in total. The standard InChI is InChI=1S/C12H18N4O2.HI/c1-3-15(4-2)12(13)14-9-10-5-7-11(8-6-10)16(17)18;/h5-8H,3-4,9H2,1-2H3,(H2,13,14);1H. The molecule has 0 radical (unpaired) electrons. The molecule has 19 heavy (non-hydrogen) atoms. The number of halogens is 1. The maximum absolute atomic E-state index is 10.5. The van der Waals surface area contributed by atoms with Gasteiger partial charge in [-0.05, 0) is 19.4 Å². The summed E-state index contributed by atoms with van der Waals surface area (Å²) >= 11 is 0. The molecule has 0 atom stereocenters. The minimum absolute atomic E-state index is 0. The monoisotopic (exact) mass is 378 g/mol. The molecular weight excluding hydrogens is 359 g/mol. The smallest absolute Gasteiger partial charge is 0.269 e. The zero-order chi connectivity index (χ0) is 13.5. The van der Waals surface area contributed by atoms with Gasteiger partial charge in [-0.25, -0.2) is 4.99 Å². The first-order valence-electron chi connectivity index (χ1n) is 5.86. The topological polar surface area (TPSA) is 84.8 Å². The molecule has 0 spiro atoms. The number of rotatable bonds is 5. The van der Waals surface area contributed by atoms with Crippen molar-refractivity contribution in [2.75, 3.05) is 13.1 Å². The van der Waals surface area contributed by atoms with E-state index in [0.29, 0.717) is 12.5 Å². The highest BCUT2D eigenvalue weighted by molar-refractivity contribution is 14.0. The first-order chi connectivity index (χ1) is 8.58. The minimum Gasteiger partial charge on any atom is -0.370 e. The molecule has 1 aromatic carbocycles. The highest BCUT2D eigenvalue weighted by Gasteiger charge is 2.04. The van der Waals surface area contributed by atoms with Gasteiger partial charge in [0.25, 0.3) is 5.69 Å². The number of nitrogens with zero attached hydrogens (tertiary/aromatic N) is 3. The highest BCUT2D eigenvalue weighted by Crippen LogP contribution is 2.12. The number of hydrogen-bond acceptors (Lipinski definition) is 3. The van der Waals surface area contributed by atoms with Gasteiger partial charge in [0.1, 0.15) is 0 Å². The number of hydrogen-bond donors (Lipinski definition) is 1. The maximum Gasteiger partial charge on any atom is 0.269 e. The second-order valence-corrected chi connectivity index (χ2v) is 3.77. The van der Waals surface area contributed by atoms with E-state index in [2.05, 4.69) is 4.99 Å². The Morgan fingerprint density at radius 1 is 1.32 bits per heavy atom. The lowest BCUT2D eigenvalue weighted by atomic mass is 10.2.